The minimum Gasteiger partial charge on any atom is -0.396 e. The van der Waals surface area contributed by atoms with Gasteiger partial charge in [-0.3, -0.25) is 4.79 Å². The van der Waals surface area contributed by atoms with Gasteiger partial charge in [0.1, 0.15) is 0 Å². The number of carbonyl (C=O) groups is 1. The van der Waals surface area contributed by atoms with Crippen LogP contribution in [0.1, 0.15) is 39.5 Å². The van der Waals surface area contributed by atoms with Gasteiger partial charge in [-0.05, 0) is 31.6 Å². The van der Waals surface area contributed by atoms with E-state index in [1.54, 1.807) is 0 Å². The van der Waals surface area contributed by atoms with E-state index in [9.17, 15) is 9.90 Å². The van der Waals surface area contributed by atoms with E-state index in [4.69, 9.17) is 4.74 Å². The SMILES string of the molecule is CC(C)[C@@]1(CO)CCCN(C(=O)[C@@H]2CCCOC2)C1. The molecular formula is C15H27NO3. The second kappa shape index (κ2) is 6.23. The van der Waals surface area contributed by atoms with Crippen molar-refractivity contribution in [3.05, 3.63) is 0 Å². The zero-order valence-corrected chi connectivity index (χ0v) is 12.2. The fraction of sp³-hybridized carbons (Fsp3) is 0.933. The third kappa shape index (κ3) is 3.11. The summed E-state index contributed by atoms with van der Waals surface area (Å²) in [4.78, 5) is 14.5. The second-order valence-electron chi connectivity index (χ2n) is 6.45. The molecule has 2 saturated heterocycles. The van der Waals surface area contributed by atoms with Crippen molar-refractivity contribution >= 4 is 5.91 Å². The molecule has 2 heterocycles. The third-order valence-corrected chi connectivity index (χ3v) is 4.97. The molecule has 4 heteroatoms. The summed E-state index contributed by atoms with van der Waals surface area (Å²) in [6, 6.07) is 0. The van der Waals surface area contributed by atoms with Crippen LogP contribution in [0.3, 0.4) is 0 Å². The van der Waals surface area contributed by atoms with Crippen LogP contribution in [-0.2, 0) is 9.53 Å². The molecule has 4 nitrogen and oxygen atoms in total. The summed E-state index contributed by atoms with van der Waals surface area (Å²) in [6.07, 6.45) is 3.95. The van der Waals surface area contributed by atoms with Gasteiger partial charge in [-0.1, -0.05) is 13.8 Å². The van der Waals surface area contributed by atoms with Gasteiger partial charge >= 0.3 is 0 Å². The molecule has 2 aliphatic heterocycles. The van der Waals surface area contributed by atoms with Crippen molar-refractivity contribution in [1.82, 2.24) is 4.90 Å². The van der Waals surface area contributed by atoms with E-state index in [2.05, 4.69) is 13.8 Å². The molecular weight excluding hydrogens is 242 g/mol. The Kier molecular flexibility index (Phi) is 4.85. The Morgan fingerprint density at radius 2 is 2.26 bits per heavy atom. The summed E-state index contributed by atoms with van der Waals surface area (Å²) in [5.41, 5.74) is -0.108. The molecule has 2 aliphatic rings. The smallest absolute Gasteiger partial charge is 0.228 e. The average molecular weight is 269 g/mol. The predicted molar refractivity (Wildman–Crippen MR) is 73.7 cm³/mol. The lowest BCUT2D eigenvalue weighted by molar-refractivity contribution is -0.145. The largest absolute Gasteiger partial charge is 0.396 e. The predicted octanol–water partition coefficient (Wildman–Crippen LogP) is 1.67. The van der Waals surface area contributed by atoms with Crippen molar-refractivity contribution in [2.45, 2.75) is 39.5 Å². The minimum atomic E-state index is -0.108. The van der Waals surface area contributed by atoms with Gasteiger partial charge in [-0.25, -0.2) is 0 Å². The van der Waals surface area contributed by atoms with Crippen LogP contribution in [0.25, 0.3) is 0 Å². The van der Waals surface area contributed by atoms with Crippen LogP contribution in [-0.4, -0.2) is 48.8 Å². The molecule has 0 unspecified atom stereocenters. The Bertz CT molecular complexity index is 313. The van der Waals surface area contributed by atoms with Crippen LogP contribution in [0, 0.1) is 17.3 Å². The highest BCUT2D eigenvalue weighted by molar-refractivity contribution is 5.79. The first-order chi connectivity index (χ1) is 9.09. The molecule has 110 valence electrons. The number of aliphatic hydroxyl groups is 1. The third-order valence-electron chi connectivity index (χ3n) is 4.97. The molecule has 0 aromatic rings. The number of aliphatic hydroxyl groups excluding tert-OH is 1. The maximum Gasteiger partial charge on any atom is 0.228 e. The van der Waals surface area contributed by atoms with Crippen LogP contribution in [0.2, 0.25) is 0 Å². The first-order valence-corrected chi connectivity index (χ1v) is 7.56. The topological polar surface area (TPSA) is 49.8 Å². The number of amides is 1. The molecule has 0 saturated carbocycles. The average Bonchev–Trinajstić information content (AvgIpc) is 2.47. The van der Waals surface area contributed by atoms with E-state index < -0.39 is 0 Å². The maximum absolute atomic E-state index is 12.5. The first kappa shape index (κ1) is 14.8. The van der Waals surface area contributed by atoms with Crippen LogP contribution in [0.4, 0.5) is 0 Å². The lowest BCUT2D eigenvalue weighted by Gasteiger charge is -2.45. The highest BCUT2D eigenvalue weighted by Gasteiger charge is 2.40. The number of likely N-dealkylation sites (tertiary alicyclic amines) is 1. The molecule has 1 amide bonds. The van der Waals surface area contributed by atoms with E-state index in [1.807, 2.05) is 4.90 Å². The number of ether oxygens (including phenoxy) is 1. The highest BCUT2D eigenvalue weighted by atomic mass is 16.5. The quantitative estimate of drug-likeness (QED) is 0.848. The fourth-order valence-corrected chi connectivity index (χ4v) is 3.32. The van der Waals surface area contributed by atoms with Gasteiger partial charge in [0.2, 0.25) is 5.91 Å². The van der Waals surface area contributed by atoms with Gasteiger partial charge in [0.25, 0.3) is 0 Å². The summed E-state index contributed by atoms with van der Waals surface area (Å²) in [6.45, 7) is 7.37. The summed E-state index contributed by atoms with van der Waals surface area (Å²) >= 11 is 0. The van der Waals surface area contributed by atoms with E-state index in [0.29, 0.717) is 19.1 Å². The molecule has 2 atom stereocenters. The van der Waals surface area contributed by atoms with E-state index in [1.165, 1.54) is 0 Å². The van der Waals surface area contributed by atoms with Gasteiger partial charge in [-0.15, -0.1) is 0 Å². The molecule has 19 heavy (non-hydrogen) atoms. The van der Waals surface area contributed by atoms with Crippen LogP contribution < -0.4 is 0 Å². The summed E-state index contributed by atoms with van der Waals surface area (Å²) in [5.74, 6) is 0.670. The molecule has 0 aromatic carbocycles. The number of piperidine rings is 1. The monoisotopic (exact) mass is 269 g/mol. The van der Waals surface area contributed by atoms with Crippen molar-refractivity contribution in [3.63, 3.8) is 0 Å². The first-order valence-electron chi connectivity index (χ1n) is 7.56. The van der Waals surface area contributed by atoms with E-state index >= 15 is 0 Å². The van der Waals surface area contributed by atoms with Crippen molar-refractivity contribution in [2.24, 2.45) is 17.3 Å². The normalized spacial score (nSPS) is 32.6. The Labute approximate surface area is 116 Å². The zero-order valence-electron chi connectivity index (χ0n) is 12.2. The van der Waals surface area contributed by atoms with Gasteiger partial charge in [0, 0.05) is 25.1 Å². The number of nitrogens with zero attached hydrogens (tertiary/aromatic N) is 1. The highest BCUT2D eigenvalue weighted by Crippen LogP contribution is 2.37. The Morgan fingerprint density at radius 1 is 1.47 bits per heavy atom. The zero-order chi connectivity index (χ0) is 13.9. The van der Waals surface area contributed by atoms with Gasteiger partial charge in [0.05, 0.1) is 19.1 Å². The number of hydrogen-bond acceptors (Lipinski definition) is 3. The molecule has 0 radical (unpaired) electrons. The van der Waals surface area contributed by atoms with Gasteiger partial charge in [-0.2, -0.15) is 0 Å². The Hall–Kier alpha value is -0.610. The van der Waals surface area contributed by atoms with Crippen molar-refractivity contribution in [2.75, 3.05) is 32.9 Å². The molecule has 0 aliphatic carbocycles. The standard InChI is InChI=1S/C15H27NO3/c1-12(2)15(11-17)6-4-7-16(10-15)14(18)13-5-3-8-19-9-13/h12-13,17H,3-11H2,1-2H3/t13-,15+/m1/s1. The molecule has 1 N–H and O–H groups in total. The van der Waals surface area contributed by atoms with Gasteiger partial charge in [0.15, 0.2) is 0 Å². The summed E-state index contributed by atoms with van der Waals surface area (Å²) in [5, 5.41) is 9.76. The lowest BCUT2D eigenvalue weighted by atomic mass is 9.72. The number of rotatable bonds is 3. The lowest BCUT2D eigenvalue weighted by Crippen LogP contribution is -2.52. The molecule has 2 rings (SSSR count). The van der Waals surface area contributed by atoms with Crippen molar-refractivity contribution in [3.8, 4) is 0 Å². The second-order valence-corrected chi connectivity index (χ2v) is 6.45. The van der Waals surface area contributed by atoms with Crippen LogP contribution in [0.15, 0.2) is 0 Å². The van der Waals surface area contributed by atoms with Crippen molar-refractivity contribution < 1.29 is 14.6 Å². The van der Waals surface area contributed by atoms with E-state index in [-0.39, 0.29) is 23.8 Å². The maximum atomic E-state index is 12.5. The van der Waals surface area contributed by atoms with Gasteiger partial charge < -0.3 is 14.7 Å². The van der Waals surface area contributed by atoms with Crippen LogP contribution in [0.5, 0.6) is 0 Å². The number of hydrogen-bond donors (Lipinski definition) is 1. The summed E-state index contributed by atoms with van der Waals surface area (Å²) in [7, 11) is 0. The minimum absolute atomic E-state index is 0.0374. The van der Waals surface area contributed by atoms with Crippen LogP contribution >= 0.6 is 0 Å². The molecule has 2 fully saturated rings. The fourth-order valence-electron chi connectivity index (χ4n) is 3.32. The molecule has 0 aromatic heterocycles. The molecule has 0 spiro atoms. The molecule has 0 bridgehead atoms. The Balaban J connectivity index is 2.01. The summed E-state index contributed by atoms with van der Waals surface area (Å²) < 4.78 is 5.42. The van der Waals surface area contributed by atoms with E-state index in [0.717, 1.165) is 38.8 Å². The number of carbonyl (C=O) groups excluding carboxylic acids is 1. The Morgan fingerprint density at radius 3 is 2.84 bits per heavy atom. The van der Waals surface area contributed by atoms with Crippen molar-refractivity contribution in [1.29, 1.82) is 0 Å².